The van der Waals surface area contributed by atoms with Gasteiger partial charge >= 0.3 is 0 Å². The zero-order chi connectivity index (χ0) is 13.7. The van der Waals surface area contributed by atoms with E-state index in [4.69, 9.17) is 5.26 Å². The van der Waals surface area contributed by atoms with Crippen molar-refractivity contribution in [2.24, 2.45) is 0 Å². The number of nitrogens with zero attached hydrogens (tertiary/aromatic N) is 2. The summed E-state index contributed by atoms with van der Waals surface area (Å²) in [7, 11) is 0. The number of aromatic nitrogens is 1. The fourth-order valence-corrected chi connectivity index (χ4v) is 2.46. The summed E-state index contributed by atoms with van der Waals surface area (Å²) in [6.07, 6.45) is 1.80. The summed E-state index contributed by atoms with van der Waals surface area (Å²) in [5, 5.41) is 15.1. The molecule has 1 unspecified atom stereocenters. The van der Waals surface area contributed by atoms with Crippen molar-refractivity contribution in [1.29, 1.82) is 5.26 Å². The maximum absolute atomic E-state index is 13.2. The number of rotatable bonds is 5. The van der Waals surface area contributed by atoms with Gasteiger partial charge in [-0.05, 0) is 17.7 Å². The molecule has 1 atom stereocenters. The first-order valence-corrected chi connectivity index (χ1v) is 6.87. The van der Waals surface area contributed by atoms with Crippen LogP contribution in [-0.2, 0) is 6.54 Å². The zero-order valence-corrected chi connectivity index (χ0v) is 11.4. The highest BCUT2D eigenvalue weighted by atomic mass is 32.1. The molecule has 1 heterocycles. The molecule has 0 saturated carbocycles. The Morgan fingerprint density at radius 3 is 3.05 bits per heavy atom. The van der Waals surface area contributed by atoms with Crippen molar-refractivity contribution in [1.82, 2.24) is 10.3 Å². The van der Waals surface area contributed by atoms with E-state index in [-0.39, 0.29) is 5.56 Å². The Kier molecular flexibility index (Phi) is 4.61. The predicted molar refractivity (Wildman–Crippen MR) is 73.4 cm³/mol. The molecular weight excluding hydrogens is 261 g/mol. The minimum atomic E-state index is -0.470. The molecule has 3 nitrogen and oxygen atoms in total. The average Bonchev–Trinajstić information content (AvgIpc) is 2.94. The van der Waals surface area contributed by atoms with Crippen molar-refractivity contribution >= 4 is 11.3 Å². The Morgan fingerprint density at radius 2 is 2.37 bits per heavy atom. The normalized spacial score (nSPS) is 12.1. The lowest BCUT2D eigenvalue weighted by Gasteiger charge is -2.10. The van der Waals surface area contributed by atoms with E-state index in [2.05, 4.69) is 17.2 Å². The molecule has 2 rings (SSSR count). The number of hydrogen-bond donors (Lipinski definition) is 1. The summed E-state index contributed by atoms with van der Waals surface area (Å²) in [4.78, 5) is 4.27. The van der Waals surface area contributed by atoms with Gasteiger partial charge in [-0.3, -0.25) is 0 Å². The van der Waals surface area contributed by atoms with Gasteiger partial charge in [-0.15, -0.1) is 11.3 Å². The quantitative estimate of drug-likeness (QED) is 0.912. The third kappa shape index (κ3) is 3.60. The number of thiazole rings is 1. The van der Waals surface area contributed by atoms with E-state index in [0.717, 1.165) is 17.1 Å². The Hall–Kier alpha value is -1.77. The Morgan fingerprint density at radius 1 is 1.53 bits per heavy atom. The maximum atomic E-state index is 13.2. The molecule has 0 radical (unpaired) electrons. The van der Waals surface area contributed by atoms with Crippen LogP contribution in [0.3, 0.4) is 0 Å². The van der Waals surface area contributed by atoms with Crippen LogP contribution >= 0.6 is 11.3 Å². The van der Waals surface area contributed by atoms with Gasteiger partial charge in [0.15, 0.2) is 0 Å². The highest BCUT2D eigenvalue weighted by Gasteiger charge is 2.08. The van der Waals surface area contributed by atoms with Crippen molar-refractivity contribution in [3.8, 4) is 6.07 Å². The van der Waals surface area contributed by atoms with E-state index in [1.54, 1.807) is 29.7 Å². The molecule has 0 aliphatic heterocycles. The number of nitriles is 1. The van der Waals surface area contributed by atoms with Gasteiger partial charge in [0.2, 0.25) is 0 Å². The fourth-order valence-electron chi connectivity index (χ4n) is 1.77. The smallest absolute Gasteiger partial charge is 0.140 e. The van der Waals surface area contributed by atoms with Crippen LogP contribution in [0.4, 0.5) is 4.39 Å². The van der Waals surface area contributed by atoms with Crippen LogP contribution in [0.15, 0.2) is 29.8 Å². The highest BCUT2D eigenvalue weighted by molar-refractivity contribution is 7.09. The fraction of sp³-hybridized carbons (Fsp3) is 0.286. The Labute approximate surface area is 115 Å². The molecule has 98 valence electrons. The number of halogens is 1. The first-order chi connectivity index (χ1) is 9.20. The van der Waals surface area contributed by atoms with E-state index in [0.29, 0.717) is 12.5 Å². The minimum Gasteiger partial charge on any atom is -0.312 e. The van der Waals surface area contributed by atoms with Gasteiger partial charge in [0.05, 0.1) is 10.6 Å². The van der Waals surface area contributed by atoms with Gasteiger partial charge < -0.3 is 5.32 Å². The number of nitrogens with one attached hydrogen (secondary N) is 1. The predicted octanol–water partition coefficient (Wildman–Crippen LogP) is 3.05. The van der Waals surface area contributed by atoms with Crippen molar-refractivity contribution in [3.63, 3.8) is 0 Å². The molecule has 1 aromatic carbocycles. The molecule has 0 saturated heterocycles. The number of benzene rings is 1. The molecule has 1 N–H and O–H groups in total. The molecule has 0 fully saturated rings. The molecule has 0 aliphatic carbocycles. The highest BCUT2D eigenvalue weighted by Crippen LogP contribution is 2.16. The zero-order valence-electron chi connectivity index (χ0n) is 10.6. The molecule has 0 amide bonds. The lowest BCUT2D eigenvalue weighted by atomic mass is 10.1. The third-order valence-corrected chi connectivity index (χ3v) is 3.81. The van der Waals surface area contributed by atoms with Crippen LogP contribution in [-0.4, -0.2) is 11.5 Å². The van der Waals surface area contributed by atoms with E-state index in [1.807, 2.05) is 11.4 Å². The molecular formula is C14H14FN3S. The van der Waals surface area contributed by atoms with Crippen LogP contribution in [0.2, 0.25) is 0 Å². The standard InChI is InChI=1S/C14H14FN3S/c1-10(14-18-4-5-19-14)8-17-9-11-2-3-13(15)12(6-11)7-16/h2-6,10,17H,8-9H2,1H3. The van der Waals surface area contributed by atoms with Gasteiger partial charge in [-0.1, -0.05) is 13.0 Å². The van der Waals surface area contributed by atoms with Crippen LogP contribution in [0.1, 0.15) is 29.0 Å². The minimum absolute atomic E-state index is 0.0901. The van der Waals surface area contributed by atoms with Crippen molar-refractivity contribution in [3.05, 3.63) is 51.7 Å². The van der Waals surface area contributed by atoms with Gasteiger partial charge in [0, 0.05) is 30.6 Å². The monoisotopic (exact) mass is 275 g/mol. The van der Waals surface area contributed by atoms with Crippen LogP contribution in [0, 0.1) is 17.1 Å². The van der Waals surface area contributed by atoms with E-state index < -0.39 is 5.82 Å². The summed E-state index contributed by atoms with van der Waals surface area (Å²) >= 11 is 1.64. The Bertz CT molecular complexity index is 575. The summed E-state index contributed by atoms with van der Waals surface area (Å²) in [5.41, 5.74) is 0.997. The van der Waals surface area contributed by atoms with Gasteiger partial charge in [-0.2, -0.15) is 5.26 Å². The first-order valence-electron chi connectivity index (χ1n) is 5.99. The average molecular weight is 275 g/mol. The molecule has 0 aliphatic rings. The van der Waals surface area contributed by atoms with Crippen molar-refractivity contribution in [2.45, 2.75) is 19.4 Å². The van der Waals surface area contributed by atoms with Gasteiger partial charge in [0.1, 0.15) is 11.9 Å². The second kappa shape index (κ2) is 6.41. The molecule has 19 heavy (non-hydrogen) atoms. The third-order valence-electron chi connectivity index (χ3n) is 2.80. The maximum Gasteiger partial charge on any atom is 0.140 e. The van der Waals surface area contributed by atoms with Crippen molar-refractivity contribution in [2.75, 3.05) is 6.54 Å². The summed E-state index contributed by atoms with van der Waals surface area (Å²) in [5.74, 6) is -0.127. The number of hydrogen-bond acceptors (Lipinski definition) is 4. The summed E-state index contributed by atoms with van der Waals surface area (Å²) in [6, 6.07) is 6.45. The lowest BCUT2D eigenvalue weighted by Crippen LogP contribution is -2.19. The second-order valence-electron chi connectivity index (χ2n) is 4.33. The summed E-state index contributed by atoms with van der Waals surface area (Å²) < 4.78 is 13.2. The summed E-state index contributed by atoms with van der Waals surface area (Å²) in [6.45, 7) is 3.52. The first kappa shape index (κ1) is 13.7. The van der Waals surface area contributed by atoms with Crippen LogP contribution in [0.25, 0.3) is 0 Å². The molecule has 0 spiro atoms. The van der Waals surface area contributed by atoms with E-state index in [1.165, 1.54) is 6.07 Å². The topological polar surface area (TPSA) is 48.7 Å². The lowest BCUT2D eigenvalue weighted by molar-refractivity contribution is 0.606. The SMILES string of the molecule is CC(CNCc1ccc(F)c(C#N)c1)c1nccs1. The molecule has 1 aromatic heterocycles. The van der Waals surface area contributed by atoms with E-state index >= 15 is 0 Å². The van der Waals surface area contributed by atoms with Gasteiger partial charge in [0.25, 0.3) is 0 Å². The van der Waals surface area contributed by atoms with Gasteiger partial charge in [-0.25, -0.2) is 9.37 Å². The molecule has 5 heteroatoms. The van der Waals surface area contributed by atoms with E-state index in [9.17, 15) is 4.39 Å². The van der Waals surface area contributed by atoms with Crippen LogP contribution in [0.5, 0.6) is 0 Å². The second-order valence-corrected chi connectivity index (χ2v) is 5.25. The van der Waals surface area contributed by atoms with Crippen LogP contribution < -0.4 is 5.32 Å². The molecule has 0 bridgehead atoms. The largest absolute Gasteiger partial charge is 0.312 e. The Balaban J connectivity index is 1.88. The van der Waals surface area contributed by atoms with Crippen molar-refractivity contribution < 1.29 is 4.39 Å². The molecule has 2 aromatic rings.